The van der Waals surface area contributed by atoms with Crippen LogP contribution in [0.3, 0.4) is 0 Å². The highest BCUT2D eigenvalue weighted by Crippen LogP contribution is 2.36. The molecule has 0 radical (unpaired) electrons. The highest BCUT2D eigenvalue weighted by molar-refractivity contribution is 7.95. The van der Waals surface area contributed by atoms with E-state index in [1.165, 1.54) is 5.41 Å². The molecule has 0 aliphatic carbocycles. The van der Waals surface area contributed by atoms with Crippen molar-refractivity contribution in [3.8, 4) is 5.75 Å². The van der Waals surface area contributed by atoms with Crippen LogP contribution in [0, 0.1) is 0 Å². The Labute approximate surface area is 123 Å². The first-order chi connectivity index (χ1) is 10.1. The fourth-order valence-corrected chi connectivity index (χ4v) is 3.94. The lowest BCUT2D eigenvalue weighted by Gasteiger charge is -2.11. The number of rotatable bonds is 4. The van der Waals surface area contributed by atoms with Gasteiger partial charge in [-0.1, -0.05) is 30.3 Å². The average Bonchev–Trinajstić information content (AvgIpc) is 2.77. The Morgan fingerprint density at radius 3 is 2.48 bits per heavy atom. The van der Waals surface area contributed by atoms with Gasteiger partial charge in [-0.2, -0.15) is 0 Å². The summed E-state index contributed by atoms with van der Waals surface area (Å²) < 4.78 is 30.0. The van der Waals surface area contributed by atoms with Crippen molar-refractivity contribution in [1.82, 2.24) is 0 Å². The van der Waals surface area contributed by atoms with E-state index in [1.807, 2.05) is 36.4 Å². The Morgan fingerprint density at radius 2 is 1.76 bits per heavy atom. The zero-order valence-electron chi connectivity index (χ0n) is 11.3. The van der Waals surface area contributed by atoms with Crippen molar-refractivity contribution in [2.24, 2.45) is 5.73 Å². The molecule has 0 aromatic heterocycles. The number of nitrogens with two attached hydrogens (primary N) is 1. The summed E-state index contributed by atoms with van der Waals surface area (Å²) in [5.41, 5.74) is 7.87. The van der Waals surface area contributed by atoms with Crippen molar-refractivity contribution in [1.29, 1.82) is 0 Å². The van der Waals surface area contributed by atoms with E-state index in [0.29, 0.717) is 28.3 Å². The van der Waals surface area contributed by atoms with Crippen LogP contribution in [0.5, 0.6) is 5.75 Å². The highest BCUT2D eigenvalue weighted by Gasteiger charge is 2.28. The molecule has 0 unspecified atom stereocenters. The minimum absolute atomic E-state index is 0.202. The van der Waals surface area contributed by atoms with Gasteiger partial charge in [0.2, 0.25) is 9.84 Å². The monoisotopic (exact) mass is 301 g/mol. The van der Waals surface area contributed by atoms with Crippen LogP contribution >= 0.6 is 0 Å². The largest absolute Gasteiger partial charge is 0.489 e. The van der Waals surface area contributed by atoms with Crippen molar-refractivity contribution in [3.05, 3.63) is 65.1 Å². The molecule has 4 nitrogen and oxygen atoms in total. The van der Waals surface area contributed by atoms with E-state index in [0.717, 1.165) is 5.56 Å². The van der Waals surface area contributed by atoms with E-state index in [4.69, 9.17) is 10.5 Å². The summed E-state index contributed by atoms with van der Waals surface area (Å²) >= 11 is 0. The number of ether oxygens (including phenoxy) is 1. The second kappa shape index (κ2) is 5.35. The van der Waals surface area contributed by atoms with Gasteiger partial charge in [-0.25, -0.2) is 8.42 Å². The van der Waals surface area contributed by atoms with Crippen LogP contribution in [0.2, 0.25) is 0 Å². The minimum Gasteiger partial charge on any atom is -0.489 e. The molecule has 0 spiro atoms. The quantitative estimate of drug-likeness (QED) is 0.941. The molecule has 0 saturated carbocycles. The third-order valence-electron chi connectivity index (χ3n) is 3.40. The summed E-state index contributed by atoms with van der Waals surface area (Å²) in [5, 5.41) is 1.28. The predicted octanol–water partition coefficient (Wildman–Crippen LogP) is 2.35. The van der Waals surface area contributed by atoms with E-state index >= 15 is 0 Å². The van der Waals surface area contributed by atoms with Crippen molar-refractivity contribution >= 4 is 15.4 Å². The van der Waals surface area contributed by atoms with Gasteiger partial charge in [0.1, 0.15) is 12.4 Å². The number of fused-ring (bicyclic) bond motifs is 1. The van der Waals surface area contributed by atoms with Crippen molar-refractivity contribution in [3.63, 3.8) is 0 Å². The number of sulfone groups is 1. The molecule has 0 amide bonds. The van der Waals surface area contributed by atoms with Gasteiger partial charge in [-0.15, -0.1) is 0 Å². The summed E-state index contributed by atoms with van der Waals surface area (Å²) in [5.74, 6) is 0.703. The Morgan fingerprint density at radius 1 is 1.00 bits per heavy atom. The lowest BCUT2D eigenvalue weighted by atomic mass is 10.0. The standard InChI is InChI=1S/C16H15NO3S/c17-9-12-5-4-8-15-16(12)13(11-21(15,18)19)10-20-14-6-2-1-3-7-14/h1-8,11H,9-10,17H2. The van der Waals surface area contributed by atoms with Gasteiger partial charge in [0.05, 0.1) is 4.90 Å². The molecule has 108 valence electrons. The number of hydrogen-bond acceptors (Lipinski definition) is 4. The van der Waals surface area contributed by atoms with E-state index in [9.17, 15) is 8.42 Å². The fourth-order valence-electron chi connectivity index (χ4n) is 2.44. The van der Waals surface area contributed by atoms with Crippen LogP contribution in [-0.4, -0.2) is 15.0 Å². The lowest BCUT2D eigenvalue weighted by Crippen LogP contribution is -2.05. The molecule has 21 heavy (non-hydrogen) atoms. The summed E-state index contributed by atoms with van der Waals surface area (Å²) in [6, 6.07) is 14.5. The van der Waals surface area contributed by atoms with E-state index in [1.54, 1.807) is 12.1 Å². The van der Waals surface area contributed by atoms with Crippen LogP contribution in [-0.2, 0) is 16.4 Å². The first-order valence-electron chi connectivity index (χ1n) is 6.57. The lowest BCUT2D eigenvalue weighted by molar-refractivity contribution is 0.370. The third kappa shape index (κ3) is 2.57. The average molecular weight is 301 g/mol. The molecule has 0 atom stereocenters. The summed E-state index contributed by atoms with van der Waals surface area (Å²) in [6.45, 7) is 0.495. The van der Waals surface area contributed by atoms with Crippen LogP contribution < -0.4 is 10.5 Å². The Hall–Kier alpha value is -2.11. The van der Waals surface area contributed by atoms with Crippen molar-refractivity contribution < 1.29 is 13.2 Å². The molecule has 2 N–H and O–H groups in total. The van der Waals surface area contributed by atoms with Crippen LogP contribution in [0.15, 0.2) is 58.8 Å². The molecule has 0 fully saturated rings. The normalized spacial score (nSPS) is 15.4. The minimum atomic E-state index is -3.39. The van der Waals surface area contributed by atoms with Gasteiger partial charge in [-0.3, -0.25) is 0 Å². The SMILES string of the molecule is NCc1cccc2c1C(COc1ccccc1)=CS2(=O)=O. The molecule has 5 heteroatoms. The van der Waals surface area contributed by atoms with Crippen molar-refractivity contribution in [2.75, 3.05) is 6.61 Å². The van der Waals surface area contributed by atoms with E-state index < -0.39 is 9.84 Å². The molecule has 2 aromatic rings. The van der Waals surface area contributed by atoms with Crippen LogP contribution in [0.1, 0.15) is 11.1 Å². The van der Waals surface area contributed by atoms with Gasteiger partial charge in [0.15, 0.2) is 0 Å². The fraction of sp³-hybridized carbons (Fsp3) is 0.125. The smallest absolute Gasteiger partial charge is 0.200 e. The maximum Gasteiger partial charge on any atom is 0.200 e. The Kier molecular flexibility index (Phi) is 3.53. The molecule has 1 aliphatic rings. The number of para-hydroxylation sites is 1. The topological polar surface area (TPSA) is 69.4 Å². The summed E-state index contributed by atoms with van der Waals surface area (Å²) in [4.78, 5) is 0.317. The zero-order chi connectivity index (χ0) is 14.9. The highest BCUT2D eigenvalue weighted by atomic mass is 32.2. The van der Waals surface area contributed by atoms with Crippen LogP contribution in [0.25, 0.3) is 5.57 Å². The van der Waals surface area contributed by atoms with Gasteiger partial charge >= 0.3 is 0 Å². The zero-order valence-corrected chi connectivity index (χ0v) is 12.1. The third-order valence-corrected chi connectivity index (χ3v) is 4.94. The van der Waals surface area contributed by atoms with Gasteiger partial charge in [-0.05, 0) is 23.8 Å². The number of benzene rings is 2. The van der Waals surface area contributed by atoms with Crippen molar-refractivity contribution in [2.45, 2.75) is 11.4 Å². The maximum absolute atomic E-state index is 12.2. The predicted molar refractivity (Wildman–Crippen MR) is 81.4 cm³/mol. The van der Waals surface area contributed by atoms with Gasteiger partial charge in [0, 0.05) is 23.1 Å². The van der Waals surface area contributed by atoms with Gasteiger partial charge < -0.3 is 10.5 Å². The summed E-state index contributed by atoms with van der Waals surface area (Å²) in [6.07, 6.45) is 0. The Bertz CT molecular complexity index is 796. The first kappa shape index (κ1) is 13.9. The molecular weight excluding hydrogens is 286 g/mol. The molecule has 1 aliphatic heterocycles. The Balaban J connectivity index is 1.95. The van der Waals surface area contributed by atoms with E-state index in [-0.39, 0.29) is 6.61 Å². The van der Waals surface area contributed by atoms with Gasteiger partial charge in [0.25, 0.3) is 0 Å². The first-order valence-corrected chi connectivity index (χ1v) is 8.12. The molecule has 0 saturated heterocycles. The molecule has 3 rings (SSSR count). The second-order valence-electron chi connectivity index (χ2n) is 4.78. The van der Waals surface area contributed by atoms with E-state index in [2.05, 4.69) is 0 Å². The summed E-state index contributed by atoms with van der Waals surface area (Å²) in [7, 11) is -3.39. The molecule has 0 bridgehead atoms. The molecule has 2 aromatic carbocycles. The molecular formula is C16H15NO3S. The van der Waals surface area contributed by atoms with Crippen LogP contribution in [0.4, 0.5) is 0 Å². The number of hydrogen-bond donors (Lipinski definition) is 1. The second-order valence-corrected chi connectivity index (χ2v) is 6.55. The molecule has 1 heterocycles. The maximum atomic E-state index is 12.2.